The van der Waals surface area contributed by atoms with Crippen LogP contribution in [0.15, 0.2) is 18.2 Å². The van der Waals surface area contributed by atoms with Crippen LogP contribution in [0.25, 0.3) is 0 Å². The summed E-state index contributed by atoms with van der Waals surface area (Å²) in [5.41, 5.74) is 5.84. The topological polar surface area (TPSA) is 35.2 Å². The Morgan fingerprint density at radius 2 is 2.29 bits per heavy atom. The normalized spacial score (nSPS) is 9.43. The molecule has 0 aromatic heterocycles. The molecule has 1 aromatic rings. The van der Waals surface area contributed by atoms with Crippen LogP contribution in [0.5, 0.6) is 5.75 Å². The molecule has 1 rings (SSSR count). The summed E-state index contributed by atoms with van der Waals surface area (Å²) in [6, 6.07) is 4.06. The summed E-state index contributed by atoms with van der Waals surface area (Å²) in [4.78, 5) is 0. The van der Waals surface area contributed by atoms with Crippen molar-refractivity contribution in [3.8, 4) is 18.1 Å². The standard InChI is InChI=1S/C11H12FNO/c1-2-3-4-7-14-11-6-5-9(12)8-10(11)13/h1,5-6,8H,3-4,7,13H2. The second kappa shape index (κ2) is 5.13. The van der Waals surface area contributed by atoms with Crippen molar-refractivity contribution in [2.24, 2.45) is 0 Å². The Morgan fingerprint density at radius 1 is 1.50 bits per heavy atom. The number of rotatable bonds is 4. The van der Waals surface area contributed by atoms with Crippen molar-refractivity contribution in [2.45, 2.75) is 12.8 Å². The molecule has 0 aliphatic carbocycles. The fourth-order valence-corrected chi connectivity index (χ4v) is 1.01. The van der Waals surface area contributed by atoms with Crippen molar-refractivity contribution in [1.82, 2.24) is 0 Å². The van der Waals surface area contributed by atoms with Gasteiger partial charge in [0.15, 0.2) is 0 Å². The molecule has 74 valence electrons. The van der Waals surface area contributed by atoms with Crippen molar-refractivity contribution >= 4 is 5.69 Å². The van der Waals surface area contributed by atoms with Crippen LogP contribution in [0, 0.1) is 18.2 Å². The van der Waals surface area contributed by atoms with Gasteiger partial charge in [0.25, 0.3) is 0 Å². The lowest BCUT2D eigenvalue weighted by atomic mass is 10.3. The number of benzene rings is 1. The molecule has 0 amide bonds. The first-order chi connectivity index (χ1) is 6.74. The number of ether oxygens (including phenoxy) is 1. The van der Waals surface area contributed by atoms with Crippen molar-refractivity contribution in [2.75, 3.05) is 12.3 Å². The monoisotopic (exact) mass is 193 g/mol. The second-order valence-electron chi connectivity index (χ2n) is 2.84. The number of nitrogen functional groups attached to an aromatic ring is 1. The van der Waals surface area contributed by atoms with Crippen molar-refractivity contribution in [1.29, 1.82) is 0 Å². The van der Waals surface area contributed by atoms with E-state index < -0.39 is 0 Å². The minimum Gasteiger partial charge on any atom is -0.491 e. The van der Waals surface area contributed by atoms with E-state index in [-0.39, 0.29) is 5.82 Å². The highest BCUT2D eigenvalue weighted by molar-refractivity contribution is 5.52. The van der Waals surface area contributed by atoms with Gasteiger partial charge in [-0.25, -0.2) is 4.39 Å². The van der Waals surface area contributed by atoms with Crippen LogP contribution in [0.4, 0.5) is 10.1 Å². The molecular formula is C11H12FNO. The number of unbranched alkanes of at least 4 members (excludes halogenated alkanes) is 1. The Bertz CT molecular complexity index is 344. The number of halogens is 1. The number of anilines is 1. The van der Waals surface area contributed by atoms with Gasteiger partial charge in [-0.05, 0) is 18.6 Å². The summed E-state index contributed by atoms with van der Waals surface area (Å²) in [5.74, 6) is 2.65. The summed E-state index contributed by atoms with van der Waals surface area (Å²) in [6.07, 6.45) is 6.52. The Hall–Kier alpha value is -1.69. The third kappa shape index (κ3) is 2.98. The van der Waals surface area contributed by atoms with E-state index in [4.69, 9.17) is 16.9 Å². The molecule has 0 saturated heterocycles. The van der Waals surface area contributed by atoms with Crippen LogP contribution in [-0.2, 0) is 0 Å². The second-order valence-corrected chi connectivity index (χ2v) is 2.84. The summed E-state index contributed by atoms with van der Waals surface area (Å²) in [6.45, 7) is 0.500. The van der Waals surface area contributed by atoms with Gasteiger partial charge >= 0.3 is 0 Å². The maximum Gasteiger partial charge on any atom is 0.142 e. The maximum atomic E-state index is 12.6. The van der Waals surface area contributed by atoms with Crippen LogP contribution >= 0.6 is 0 Å². The van der Waals surface area contributed by atoms with Crippen LogP contribution in [-0.4, -0.2) is 6.61 Å². The molecule has 1 aromatic carbocycles. The van der Waals surface area contributed by atoms with Gasteiger partial charge in [0, 0.05) is 12.5 Å². The molecule has 0 saturated carbocycles. The van der Waals surface area contributed by atoms with E-state index in [1.54, 1.807) is 0 Å². The predicted molar refractivity (Wildman–Crippen MR) is 54.4 cm³/mol. The fraction of sp³-hybridized carbons (Fsp3) is 0.273. The van der Waals surface area contributed by atoms with Gasteiger partial charge in [0.2, 0.25) is 0 Å². The van der Waals surface area contributed by atoms with E-state index in [9.17, 15) is 4.39 Å². The van der Waals surface area contributed by atoms with Crippen LogP contribution in [0.2, 0.25) is 0 Å². The molecule has 0 bridgehead atoms. The lowest BCUT2D eigenvalue weighted by Crippen LogP contribution is -2.00. The average Bonchev–Trinajstić information content (AvgIpc) is 2.15. The van der Waals surface area contributed by atoms with Crippen LogP contribution < -0.4 is 10.5 Å². The van der Waals surface area contributed by atoms with Gasteiger partial charge in [-0.1, -0.05) is 0 Å². The highest BCUT2D eigenvalue weighted by atomic mass is 19.1. The highest BCUT2D eigenvalue weighted by Gasteiger charge is 2.00. The first-order valence-corrected chi connectivity index (χ1v) is 4.35. The molecule has 0 fully saturated rings. The van der Waals surface area contributed by atoms with Gasteiger partial charge in [-0.3, -0.25) is 0 Å². The SMILES string of the molecule is C#CCCCOc1ccc(F)cc1N. The van der Waals surface area contributed by atoms with Crippen LogP contribution in [0.1, 0.15) is 12.8 Å². The van der Waals surface area contributed by atoms with E-state index in [1.165, 1.54) is 18.2 Å². The third-order valence-electron chi connectivity index (χ3n) is 1.69. The highest BCUT2D eigenvalue weighted by Crippen LogP contribution is 2.21. The zero-order valence-electron chi connectivity index (χ0n) is 7.79. The molecule has 0 atom stereocenters. The number of nitrogens with two attached hydrogens (primary N) is 1. The molecule has 0 unspecified atom stereocenters. The summed E-state index contributed by atoms with van der Waals surface area (Å²) in [7, 11) is 0. The van der Waals surface area contributed by atoms with Crippen LogP contribution in [0.3, 0.4) is 0 Å². The quantitative estimate of drug-likeness (QED) is 0.452. The molecule has 3 heteroatoms. The van der Waals surface area contributed by atoms with Gasteiger partial charge < -0.3 is 10.5 Å². The van der Waals surface area contributed by atoms with E-state index in [0.29, 0.717) is 24.5 Å². The van der Waals surface area contributed by atoms with Crippen molar-refractivity contribution in [3.05, 3.63) is 24.0 Å². The third-order valence-corrected chi connectivity index (χ3v) is 1.69. The zero-order chi connectivity index (χ0) is 10.4. The molecule has 0 aliphatic rings. The molecule has 0 spiro atoms. The zero-order valence-corrected chi connectivity index (χ0v) is 7.79. The Balaban J connectivity index is 2.47. The Labute approximate surface area is 82.9 Å². The van der Waals surface area contributed by atoms with E-state index >= 15 is 0 Å². The molecule has 14 heavy (non-hydrogen) atoms. The average molecular weight is 193 g/mol. The van der Waals surface area contributed by atoms with Crippen molar-refractivity contribution in [3.63, 3.8) is 0 Å². The van der Waals surface area contributed by atoms with Gasteiger partial charge in [-0.2, -0.15) is 0 Å². The first kappa shape index (κ1) is 10.4. The fourth-order valence-electron chi connectivity index (χ4n) is 1.01. The Kier molecular flexibility index (Phi) is 3.81. The molecule has 0 heterocycles. The van der Waals surface area contributed by atoms with E-state index in [1.807, 2.05) is 0 Å². The Morgan fingerprint density at radius 3 is 2.93 bits per heavy atom. The van der Waals surface area contributed by atoms with E-state index in [0.717, 1.165) is 6.42 Å². The van der Waals surface area contributed by atoms with Gasteiger partial charge in [0.1, 0.15) is 11.6 Å². The summed E-state index contributed by atoms with van der Waals surface area (Å²) >= 11 is 0. The smallest absolute Gasteiger partial charge is 0.142 e. The van der Waals surface area contributed by atoms with Gasteiger partial charge in [0.05, 0.1) is 12.3 Å². The van der Waals surface area contributed by atoms with Crippen molar-refractivity contribution < 1.29 is 9.13 Å². The number of hydrogen-bond acceptors (Lipinski definition) is 2. The molecular weight excluding hydrogens is 181 g/mol. The maximum absolute atomic E-state index is 12.6. The summed E-state index contributed by atoms with van der Waals surface area (Å²) in [5, 5.41) is 0. The molecule has 0 aliphatic heterocycles. The first-order valence-electron chi connectivity index (χ1n) is 4.35. The minimum absolute atomic E-state index is 0.311. The summed E-state index contributed by atoms with van der Waals surface area (Å²) < 4.78 is 17.9. The molecule has 2 nitrogen and oxygen atoms in total. The van der Waals surface area contributed by atoms with Gasteiger partial charge in [-0.15, -0.1) is 12.3 Å². The lowest BCUT2D eigenvalue weighted by molar-refractivity contribution is 0.314. The minimum atomic E-state index is -0.363. The number of terminal acetylenes is 1. The predicted octanol–water partition coefficient (Wildman–Crippen LogP) is 2.20. The molecule has 2 N–H and O–H groups in total. The van der Waals surface area contributed by atoms with E-state index in [2.05, 4.69) is 5.92 Å². The number of hydrogen-bond donors (Lipinski definition) is 1. The lowest BCUT2D eigenvalue weighted by Gasteiger charge is -2.07. The largest absolute Gasteiger partial charge is 0.491 e. The molecule has 0 radical (unpaired) electrons.